The van der Waals surface area contributed by atoms with Crippen molar-refractivity contribution in [3.05, 3.63) is 44.0 Å². The molecule has 21 heavy (non-hydrogen) atoms. The summed E-state index contributed by atoms with van der Waals surface area (Å²) in [5, 5.41) is 25.1. The number of nitrogens with zero attached hydrogens (tertiary/aromatic N) is 2. The molecular formula is C14H19N3O4. The molecule has 1 atom stereocenters. The van der Waals surface area contributed by atoms with Crippen molar-refractivity contribution in [3.63, 3.8) is 0 Å². The standard InChI is InChI=1S/C14H19N3O4/c1-10(11-4-2-3-5-11)15-9-12-6-7-13(16(18)19)8-14(12)17(20)21/h6-8,10-11,15H,2-5,9H2,1H3. The van der Waals surface area contributed by atoms with Crippen molar-refractivity contribution >= 4 is 11.4 Å². The molecule has 0 heterocycles. The van der Waals surface area contributed by atoms with E-state index in [2.05, 4.69) is 12.2 Å². The molecule has 1 aromatic carbocycles. The van der Waals surface area contributed by atoms with E-state index in [9.17, 15) is 20.2 Å². The predicted molar refractivity (Wildman–Crippen MR) is 78.0 cm³/mol. The first-order valence-corrected chi connectivity index (χ1v) is 7.14. The van der Waals surface area contributed by atoms with Crippen LogP contribution >= 0.6 is 0 Å². The largest absolute Gasteiger partial charge is 0.310 e. The lowest BCUT2D eigenvalue weighted by Gasteiger charge is -2.20. The van der Waals surface area contributed by atoms with Crippen molar-refractivity contribution in [3.8, 4) is 0 Å². The predicted octanol–water partition coefficient (Wildman–Crippen LogP) is 3.17. The molecule has 1 fully saturated rings. The monoisotopic (exact) mass is 293 g/mol. The molecule has 0 amide bonds. The van der Waals surface area contributed by atoms with E-state index in [1.165, 1.54) is 37.8 Å². The van der Waals surface area contributed by atoms with Crippen LogP contribution in [0.1, 0.15) is 38.2 Å². The minimum absolute atomic E-state index is 0.199. The van der Waals surface area contributed by atoms with Crippen molar-refractivity contribution in [1.82, 2.24) is 5.32 Å². The third-order valence-corrected chi connectivity index (χ3v) is 4.20. The highest BCUT2D eigenvalue weighted by Gasteiger charge is 2.23. The summed E-state index contributed by atoms with van der Waals surface area (Å²) in [6.07, 6.45) is 4.87. The summed E-state index contributed by atoms with van der Waals surface area (Å²) >= 11 is 0. The third kappa shape index (κ3) is 3.75. The maximum atomic E-state index is 11.1. The highest BCUT2D eigenvalue weighted by molar-refractivity contribution is 5.49. The fraction of sp³-hybridized carbons (Fsp3) is 0.571. The Morgan fingerprint density at radius 2 is 1.90 bits per heavy atom. The molecule has 0 spiro atoms. The summed E-state index contributed by atoms with van der Waals surface area (Å²) in [6.45, 7) is 2.44. The second kappa shape index (κ2) is 6.62. The Labute approximate surface area is 122 Å². The van der Waals surface area contributed by atoms with Crippen molar-refractivity contribution < 1.29 is 9.85 Å². The quantitative estimate of drug-likeness (QED) is 0.641. The van der Waals surface area contributed by atoms with Crippen LogP contribution in [0.15, 0.2) is 18.2 Å². The van der Waals surface area contributed by atoms with E-state index in [1.807, 2.05) is 0 Å². The van der Waals surface area contributed by atoms with Gasteiger partial charge in [0.2, 0.25) is 0 Å². The Kier molecular flexibility index (Phi) is 4.85. The van der Waals surface area contributed by atoms with Crippen LogP contribution in [0.4, 0.5) is 11.4 Å². The Bertz CT molecular complexity index is 541. The average molecular weight is 293 g/mol. The molecule has 114 valence electrons. The highest BCUT2D eigenvalue weighted by Crippen LogP contribution is 2.28. The molecule has 1 N–H and O–H groups in total. The van der Waals surface area contributed by atoms with E-state index in [1.54, 1.807) is 0 Å². The Balaban J connectivity index is 2.08. The van der Waals surface area contributed by atoms with Gasteiger partial charge in [-0.2, -0.15) is 0 Å². The van der Waals surface area contributed by atoms with Gasteiger partial charge in [0.05, 0.1) is 15.9 Å². The number of rotatable bonds is 6. The fourth-order valence-electron chi connectivity index (χ4n) is 2.88. The van der Waals surface area contributed by atoms with Crippen LogP contribution in [0.5, 0.6) is 0 Å². The number of nitrogens with one attached hydrogen (secondary N) is 1. The van der Waals surface area contributed by atoms with Gasteiger partial charge in [0.25, 0.3) is 11.4 Å². The van der Waals surface area contributed by atoms with Crippen molar-refractivity contribution in [1.29, 1.82) is 0 Å². The first-order valence-electron chi connectivity index (χ1n) is 7.14. The summed E-state index contributed by atoms with van der Waals surface area (Å²) in [4.78, 5) is 20.6. The molecule has 7 heteroatoms. The maximum Gasteiger partial charge on any atom is 0.280 e. The van der Waals surface area contributed by atoms with Crippen LogP contribution in [0.25, 0.3) is 0 Å². The first kappa shape index (κ1) is 15.4. The molecule has 1 aliphatic rings. The van der Waals surface area contributed by atoms with Gasteiger partial charge < -0.3 is 5.32 Å². The zero-order valence-corrected chi connectivity index (χ0v) is 11.9. The Morgan fingerprint density at radius 3 is 2.48 bits per heavy atom. The normalized spacial score (nSPS) is 16.8. The first-order chi connectivity index (χ1) is 9.99. The van der Waals surface area contributed by atoms with Gasteiger partial charge in [0.1, 0.15) is 0 Å². The lowest BCUT2D eigenvalue weighted by atomic mass is 9.99. The SMILES string of the molecule is CC(NCc1ccc([N+](=O)[O-])cc1[N+](=O)[O-])C1CCCC1. The van der Waals surface area contributed by atoms with Gasteiger partial charge in [-0.05, 0) is 31.7 Å². The van der Waals surface area contributed by atoms with Crippen LogP contribution in [-0.4, -0.2) is 15.9 Å². The molecule has 1 aromatic rings. The second-order valence-corrected chi connectivity index (χ2v) is 5.54. The molecule has 0 aliphatic heterocycles. The highest BCUT2D eigenvalue weighted by atomic mass is 16.6. The summed E-state index contributed by atoms with van der Waals surface area (Å²) in [5.74, 6) is 0.613. The van der Waals surface area contributed by atoms with Crippen molar-refractivity contribution in [2.75, 3.05) is 0 Å². The van der Waals surface area contributed by atoms with E-state index in [4.69, 9.17) is 0 Å². The number of non-ortho nitro benzene ring substituents is 1. The van der Waals surface area contributed by atoms with Crippen LogP contribution < -0.4 is 5.32 Å². The number of hydrogen-bond donors (Lipinski definition) is 1. The van der Waals surface area contributed by atoms with E-state index >= 15 is 0 Å². The molecule has 0 aromatic heterocycles. The van der Waals surface area contributed by atoms with Crippen LogP contribution in [0.2, 0.25) is 0 Å². The van der Waals surface area contributed by atoms with Gasteiger partial charge in [0.15, 0.2) is 0 Å². The summed E-state index contributed by atoms with van der Waals surface area (Å²) in [6, 6.07) is 4.09. The van der Waals surface area contributed by atoms with E-state index in [-0.39, 0.29) is 11.4 Å². The van der Waals surface area contributed by atoms with E-state index < -0.39 is 9.85 Å². The maximum absolute atomic E-state index is 11.1. The average Bonchev–Trinajstić information content (AvgIpc) is 2.98. The van der Waals surface area contributed by atoms with Gasteiger partial charge in [-0.15, -0.1) is 0 Å². The van der Waals surface area contributed by atoms with Gasteiger partial charge >= 0.3 is 0 Å². The van der Waals surface area contributed by atoms with Crippen LogP contribution in [0, 0.1) is 26.1 Å². The fourth-order valence-corrected chi connectivity index (χ4v) is 2.88. The van der Waals surface area contributed by atoms with Gasteiger partial charge in [-0.1, -0.05) is 12.8 Å². The lowest BCUT2D eigenvalue weighted by molar-refractivity contribution is -0.394. The molecule has 7 nitrogen and oxygen atoms in total. The van der Waals surface area contributed by atoms with Gasteiger partial charge in [-0.25, -0.2) is 0 Å². The Morgan fingerprint density at radius 1 is 1.24 bits per heavy atom. The topological polar surface area (TPSA) is 98.3 Å². The molecule has 1 aliphatic carbocycles. The lowest BCUT2D eigenvalue weighted by Crippen LogP contribution is -2.31. The number of nitro benzene ring substituents is 2. The Hall–Kier alpha value is -2.02. The zero-order chi connectivity index (χ0) is 15.4. The van der Waals surface area contributed by atoms with Crippen LogP contribution in [-0.2, 0) is 6.54 Å². The summed E-state index contributed by atoms with van der Waals surface area (Å²) in [5.41, 5.74) is 0.0278. The second-order valence-electron chi connectivity index (χ2n) is 5.54. The van der Waals surface area contributed by atoms with E-state index in [0.717, 1.165) is 6.07 Å². The smallest absolute Gasteiger partial charge is 0.280 e. The summed E-state index contributed by atoms with van der Waals surface area (Å²) in [7, 11) is 0. The molecule has 0 bridgehead atoms. The molecule has 0 saturated heterocycles. The number of nitro groups is 2. The molecule has 2 rings (SSSR count). The summed E-state index contributed by atoms with van der Waals surface area (Å²) < 4.78 is 0. The molecule has 1 unspecified atom stereocenters. The number of hydrogen-bond acceptors (Lipinski definition) is 5. The van der Waals surface area contributed by atoms with Crippen molar-refractivity contribution in [2.45, 2.75) is 45.2 Å². The minimum Gasteiger partial charge on any atom is -0.310 e. The van der Waals surface area contributed by atoms with Crippen molar-refractivity contribution in [2.24, 2.45) is 5.92 Å². The van der Waals surface area contributed by atoms with Gasteiger partial charge in [-0.3, -0.25) is 20.2 Å². The van der Waals surface area contributed by atoms with Crippen LogP contribution in [0.3, 0.4) is 0 Å². The van der Waals surface area contributed by atoms with Gasteiger partial charge in [0, 0.05) is 24.2 Å². The zero-order valence-electron chi connectivity index (χ0n) is 11.9. The van der Waals surface area contributed by atoms with E-state index in [0.29, 0.717) is 24.1 Å². The molecule has 1 saturated carbocycles. The molecule has 0 radical (unpaired) electrons. The number of benzene rings is 1. The third-order valence-electron chi connectivity index (χ3n) is 4.20. The minimum atomic E-state index is -0.620. The molecular weight excluding hydrogens is 274 g/mol.